The summed E-state index contributed by atoms with van der Waals surface area (Å²) >= 11 is 0. The van der Waals surface area contributed by atoms with Crippen molar-refractivity contribution in [2.75, 3.05) is 0 Å². The second-order valence-corrected chi connectivity index (χ2v) is 11.6. The van der Waals surface area contributed by atoms with Crippen LogP contribution in [-0.2, 0) is 19.7 Å². The van der Waals surface area contributed by atoms with Crippen LogP contribution in [0.15, 0.2) is 30.3 Å². The minimum atomic E-state index is -4.94. The largest absolute Gasteiger partial charge is 1.00 e. The molecule has 0 amide bonds. The Morgan fingerprint density at radius 1 is 0.762 bits per heavy atom. The molecule has 1 aromatic rings. The molecule has 0 spiro atoms. The molecule has 42 heavy (non-hydrogen) atoms. The molecule has 1 rings (SSSR count). The van der Waals surface area contributed by atoms with Crippen LogP contribution in [0, 0.1) is 6.92 Å². The van der Waals surface area contributed by atoms with E-state index < -0.39 is 33.7 Å². The van der Waals surface area contributed by atoms with E-state index in [0.717, 1.165) is 12.2 Å². The number of carboxylic acid groups (broad SMARTS) is 2. The molecule has 8 nitrogen and oxygen atoms in total. The molecule has 0 bridgehead atoms. The van der Waals surface area contributed by atoms with Crippen LogP contribution >= 0.6 is 0 Å². The predicted octanol–water partition coefficient (Wildman–Crippen LogP) is -3.94. The zero-order valence-electron chi connectivity index (χ0n) is 26.7. The number of benzene rings is 1. The summed E-state index contributed by atoms with van der Waals surface area (Å²) in [4.78, 5) is 19.7. The van der Waals surface area contributed by atoms with Gasteiger partial charge in [-0.25, -0.2) is 0 Å². The normalized spacial score (nSPS) is 11.8. The first-order valence-electron chi connectivity index (χ1n) is 14.5. The van der Waals surface area contributed by atoms with Crippen LogP contribution in [0.4, 0.5) is 0 Å². The van der Waals surface area contributed by atoms with Gasteiger partial charge >= 0.3 is 154 Å². The Hall–Kier alpha value is 2.78. The van der Waals surface area contributed by atoms with Crippen LogP contribution in [0.5, 0.6) is 5.75 Å². The Kier molecular flexibility index (Phi) is 43.1. The smallest absolute Gasteiger partial charge is 0.550 e. The molecule has 0 radical (unpaired) electrons. The van der Waals surface area contributed by atoms with Crippen molar-refractivity contribution < 1.29 is 192 Å². The van der Waals surface area contributed by atoms with E-state index in [1.54, 1.807) is 0 Å². The van der Waals surface area contributed by atoms with E-state index in [0.29, 0.717) is 0 Å². The zero-order valence-corrected chi connectivity index (χ0v) is 36.9. The van der Waals surface area contributed by atoms with E-state index in [-0.39, 0.29) is 160 Å². The van der Waals surface area contributed by atoms with Gasteiger partial charge in [0.15, 0.2) is 0 Å². The van der Waals surface area contributed by atoms with Gasteiger partial charge in [-0.05, 0) is 24.7 Å². The average Bonchev–Trinajstić information content (AvgIpc) is 2.87. The number of para-hydroxylation sites is 1. The fourth-order valence-electron chi connectivity index (χ4n) is 4.13. The van der Waals surface area contributed by atoms with Crippen molar-refractivity contribution in [1.29, 1.82) is 0 Å². The van der Waals surface area contributed by atoms with Gasteiger partial charge in [-0.1, -0.05) is 128 Å². The first-order chi connectivity index (χ1) is 18.6. The summed E-state index contributed by atoms with van der Waals surface area (Å²) < 4.78 is 34.3. The number of carbonyl (C=O) groups excluding carboxylic acids is 2. The molecule has 2 unspecified atom stereocenters. The topological polar surface area (TPSA) is 144 Å². The number of ether oxygens (including phenoxy) is 1. The van der Waals surface area contributed by atoms with E-state index in [1.165, 1.54) is 103 Å². The summed E-state index contributed by atoms with van der Waals surface area (Å²) in [5, 5.41) is 17.3. The molecule has 0 aliphatic rings. The molecule has 12 heteroatoms. The van der Waals surface area contributed by atoms with Gasteiger partial charge in [0.2, 0.25) is 0 Å². The molecule has 0 aliphatic heterocycles. The predicted molar refractivity (Wildman–Crippen MR) is 150 cm³/mol. The van der Waals surface area contributed by atoms with Crippen LogP contribution in [0.3, 0.4) is 0 Å². The van der Waals surface area contributed by atoms with Crippen molar-refractivity contribution in [1.82, 2.24) is 0 Å². The van der Waals surface area contributed by atoms with E-state index in [4.69, 9.17) is 9.29 Å². The van der Waals surface area contributed by atoms with E-state index in [2.05, 4.69) is 13.8 Å². The molecule has 0 heterocycles. The zero-order chi connectivity index (χ0) is 29.4. The molecule has 1 N–H and O–H groups in total. The Morgan fingerprint density at radius 2 is 1.14 bits per heavy atom. The van der Waals surface area contributed by atoms with Gasteiger partial charge in [-0.2, -0.15) is 8.42 Å². The van der Waals surface area contributed by atoms with Crippen LogP contribution in [0.1, 0.15) is 122 Å². The summed E-state index contributed by atoms with van der Waals surface area (Å²) in [6.07, 6.45) is 22.4. The maximum Gasteiger partial charge on any atom is 1.00 e. The van der Waals surface area contributed by atoms with Crippen molar-refractivity contribution >= 4 is 22.1 Å². The minimum Gasteiger partial charge on any atom is -0.550 e. The molecular formula is C30H49K3O8S. The average molecular weight is 687 g/mol. The van der Waals surface area contributed by atoms with Crippen LogP contribution in [0.25, 0.3) is 0 Å². The summed E-state index contributed by atoms with van der Waals surface area (Å²) in [7, 11) is -4.94. The quantitative estimate of drug-likeness (QED) is 0.0533. The molecular weight excluding hydrogens is 638 g/mol. The summed E-state index contributed by atoms with van der Waals surface area (Å²) in [5.74, 6) is -3.14. The SMILES string of the molecule is O=C([O-])CC(C(=O)[O-])S(=O)(=O)O.[CH2-]C(CCCCCCCCCCCCCCCCCC)Oc1ccccc1.[K+].[K+].[K+]. The number of aliphatic carboxylic acids is 2. The molecule has 2 atom stereocenters. The van der Waals surface area contributed by atoms with Gasteiger partial charge in [0, 0.05) is 12.4 Å². The maximum absolute atomic E-state index is 10.2. The summed E-state index contributed by atoms with van der Waals surface area (Å²) in [6, 6.07) is 10.0. The number of hydrogen-bond donors (Lipinski definition) is 1. The fraction of sp³-hybridized carbons (Fsp3) is 0.700. The first kappa shape index (κ1) is 51.6. The third-order valence-corrected chi connectivity index (χ3v) is 7.48. The van der Waals surface area contributed by atoms with Crippen molar-refractivity contribution in [3.63, 3.8) is 0 Å². The minimum absolute atomic E-state index is 0. The Morgan fingerprint density at radius 3 is 1.45 bits per heavy atom. The number of carboxylic acids is 2. The Balaban J connectivity index is -0.000000412. The molecule has 0 saturated carbocycles. The summed E-state index contributed by atoms with van der Waals surface area (Å²) in [5.41, 5.74) is 0. The molecule has 1 aromatic carbocycles. The Labute approximate surface area is 383 Å². The molecule has 0 saturated heterocycles. The number of rotatable bonds is 23. The van der Waals surface area contributed by atoms with Gasteiger partial charge in [-0.3, -0.25) is 4.55 Å². The summed E-state index contributed by atoms with van der Waals surface area (Å²) in [6.45, 7) is 6.41. The molecule has 0 aliphatic carbocycles. The van der Waals surface area contributed by atoms with Gasteiger partial charge in [0.05, 0.1) is 5.97 Å². The maximum atomic E-state index is 10.2. The standard InChI is InChI=1S/C26H45O.C4H6O7S.3K/c1-3-4-5-6-7-8-9-10-11-12-13-14-15-16-17-19-22-25(2)27-26-23-20-18-21-24-26;5-3(6)1-2(4(7)8)12(9,10)11;;;/h18,20-21,23-25H,2-17,19,22H2,1H3;2H,1H2,(H,5,6)(H,7,8)(H,9,10,11);;;/q-1;;3*+1/p-2. The van der Waals surface area contributed by atoms with Crippen molar-refractivity contribution in [3.8, 4) is 5.75 Å². The molecule has 0 aromatic heterocycles. The second kappa shape index (κ2) is 35.1. The third kappa shape index (κ3) is 34.1. The van der Waals surface area contributed by atoms with Gasteiger partial charge in [0.1, 0.15) is 11.0 Å². The van der Waals surface area contributed by atoms with E-state index in [1.807, 2.05) is 30.3 Å². The van der Waals surface area contributed by atoms with Crippen molar-refractivity contribution in [2.45, 2.75) is 134 Å². The van der Waals surface area contributed by atoms with Gasteiger partial charge in [0.25, 0.3) is 10.1 Å². The van der Waals surface area contributed by atoms with Crippen molar-refractivity contribution in [2.24, 2.45) is 0 Å². The van der Waals surface area contributed by atoms with Crippen LogP contribution in [-0.4, -0.2) is 36.3 Å². The number of unbranched alkanes of at least 4 members (excludes halogenated alkanes) is 15. The van der Waals surface area contributed by atoms with Crippen molar-refractivity contribution in [3.05, 3.63) is 37.3 Å². The van der Waals surface area contributed by atoms with Gasteiger partial charge < -0.3 is 31.5 Å². The first-order valence-corrected chi connectivity index (χ1v) is 16.0. The van der Waals surface area contributed by atoms with Gasteiger partial charge in [-0.15, -0.1) is 0 Å². The third-order valence-electron chi connectivity index (χ3n) is 6.40. The Bertz CT molecular complexity index is 857. The number of hydrogen-bond acceptors (Lipinski definition) is 7. The monoisotopic (exact) mass is 686 g/mol. The van der Waals surface area contributed by atoms with E-state index >= 15 is 0 Å². The molecule has 0 fully saturated rings. The number of carbonyl (C=O) groups is 2. The second-order valence-electron chi connectivity index (χ2n) is 10.0. The van der Waals surface area contributed by atoms with Crippen LogP contribution < -0.4 is 169 Å². The van der Waals surface area contributed by atoms with Crippen LogP contribution in [0.2, 0.25) is 0 Å². The fourth-order valence-corrected chi connectivity index (χ4v) is 4.72. The molecule has 226 valence electrons. The van der Waals surface area contributed by atoms with E-state index in [9.17, 15) is 28.2 Å².